The first-order valence-electron chi connectivity index (χ1n) is 9.09. The van der Waals surface area contributed by atoms with E-state index in [9.17, 15) is 4.39 Å². The van der Waals surface area contributed by atoms with Crippen LogP contribution in [0.15, 0.2) is 23.2 Å². The van der Waals surface area contributed by atoms with Crippen LogP contribution in [-0.4, -0.2) is 43.1 Å². The lowest BCUT2D eigenvalue weighted by atomic mass is 10.1. The number of nitrogens with zero attached hydrogens (tertiary/aromatic N) is 3. The number of halogens is 2. The summed E-state index contributed by atoms with van der Waals surface area (Å²) < 4.78 is 14.0. The van der Waals surface area contributed by atoms with Crippen molar-refractivity contribution in [1.82, 2.24) is 15.5 Å². The van der Waals surface area contributed by atoms with Gasteiger partial charge in [0.05, 0.1) is 11.6 Å². The molecule has 26 heavy (non-hydrogen) atoms. The predicted octanol–water partition coefficient (Wildman–Crippen LogP) is 3.00. The van der Waals surface area contributed by atoms with E-state index in [1.165, 1.54) is 31.7 Å². The normalized spacial score (nSPS) is 21.3. The lowest BCUT2D eigenvalue weighted by Gasteiger charge is -2.24. The van der Waals surface area contributed by atoms with Gasteiger partial charge in [0, 0.05) is 44.3 Å². The maximum absolute atomic E-state index is 14.0. The van der Waals surface area contributed by atoms with E-state index >= 15 is 0 Å². The van der Waals surface area contributed by atoms with Crippen molar-refractivity contribution < 1.29 is 4.39 Å². The van der Waals surface area contributed by atoms with Crippen molar-refractivity contribution in [2.45, 2.75) is 50.7 Å². The molecule has 1 aliphatic carbocycles. The first-order chi connectivity index (χ1) is 12.2. The van der Waals surface area contributed by atoms with Crippen LogP contribution >= 0.6 is 24.0 Å². The third kappa shape index (κ3) is 5.30. The third-order valence-electron chi connectivity index (χ3n) is 5.25. The van der Waals surface area contributed by atoms with Gasteiger partial charge in [-0.15, -0.1) is 24.0 Å². The summed E-state index contributed by atoms with van der Waals surface area (Å²) in [6, 6.07) is 7.63. The van der Waals surface area contributed by atoms with Crippen LogP contribution in [0.2, 0.25) is 0 Å². The second-order valence-corrected chi connectivity index (χ2v) is 6.91. The van der Waals surface area contributed by atoms with E-state index in [0.717, 1.165) is 25.6 Å². The molecule has 1 aromatic rings. The molecule has 1 saturated heterocycles. The highest BCUT2D eigenvalue weighted by molar-refractivity contribution is 14.0. The summed E-state index contributed by atoms with van der Waals surface area (Å²) in [5, 5.41) is 15.4. The molecule has 2 fully saturated rings. The summed E-state index contributed by atoms with van der Waals surface area (Å²) in [5.41, 5.74) is 0.864. The Bertz CT molecular complexity index is 666. The fraction of sp³-hybridized carbons (Fsp3) is 0.579. The van der Waals surface area contributed by atoms with Crippen molar-refractivity contribution in [3.63, 3.8) is 0 Å². The van der Waals surface area contributed by atoms with E-state index in [-0.39, 0.29) is 29.8 Å². The van der Waals surface area contributed by atoms with Crippen molar-refractivity contribution in [1.29, 1.82) is 5.26 Å². The summed E-state index contributed by atoms with van der Waals surface area (Å²) in [5.74, 6) is 0.331. The first kappa shape index (κ1) is 20.9. The van der Waals surface area contributed by atoms with E-state index in [1.807, 2.05) is 6.07 Å². The fourth-order valence-electron chi connectivity index (χ4n) is 3.83. The van der Waals surface area contributed by atoms with Crippen LogP contribution in [0.4, 0.5) is 4.39 Å². The van der Waals surface area contributed by atoms with Gasteiger partial charge in [-0.25, -0.2) is 4.39 Å². The van der Waals surface area contributed by atoms with E-state index in [0.29, 0.717) is 29.7 Å². The Hall–Kier alpha value is -1.40. The van der Waals surface area contributed by atoms with Gasteiger partial charge in [0.1, 0.15) is 5.82 Å². The number of nitriles is 1. The van der Waals surface area contributed by atoms with E-state index < -0.39 is 0 Å². The topological polar surface area (TPSA) is 63.5 Å². The smallest absolute Gasteiger partial charge is 0.191 e. The molecule has 0 spiro atoms. The Morgan fingerprint density at radius 1 is 1.35 bits per heavy atom. The molecule has 2 aliphatic rings. The zero-order valence-corrected chi connectivity index (χ0v) is 17.5. The molecule has 2 N–H and O–H groups in total. The van der Waals surface area contributed by atoms with Crippen molar-refractivity contribution in [2.75, 3.05) is 20.1 Å². The molecule has 5 nitrogen and oxygen atoms in total. The summed E-state index contributed by atoms with van der Waals surface area (Å²) >= 11 is 0. The number of nitrogens with one attached hydrogen (secondary N) is 2. The van der Waals surface area contributed by atoms with Gasteiger partial charge in [-0.2, -0.15) is 5.26 Å². The van der Waals surface area contributed by atoms with Gasteiger partial charge >= 0.3 is 0 Å². The minimum absolute atomic E-state index is 0. The zero-order valence-electron chi connectivity index (χ0n) is 15.2. The third-order valence-corrected chi connectivity index (χ3v) is 5.25. The molecule has 3 rings (SSSR count). The van der Waals surface area contributed by atoms with Gasteiger partial charge in [-0.3, -0.25) is 9.89 Å². The molecular formula is C19H27FIN5. The first-order valence-corrected chi connectivity index (χ1v) is 9.09. The van der Waals surface area contributed by atoms with Gasteiger partial charge in [0.15, 0.2) is 5.96 Å². The lowest BCUT2D eigenvalue weighted by Crippen LogP contribution is -2.45. The second-order valence-electron chi connectivity index (χ2n) is 6.91. The number of hydrogen-bond donors (Lipinski definition) is 2. The highest BCUT2D eigenvalue weighted by Crippen LogP contribution is 2.26. The molecule has 1 heterocycles. The van der Waals surface area contributed by atoms with Gasteiger partial charge in [-0.05, 0) is 31.4 Å². The van der Waals surface area contributed by atoms with Crippen LogP contribution in [0.3, 0.4) is 0 Å². The van der Waals surface area contributed by atoms with Gasteiger partial charge in [0.2, 0.25) is 0 Å². The molecule has 0 amide bonds. The van der Waals surface area contributed by atoms with Crippen LogP contribution in [0.1, 0.15) is 43.2 Å². The average Bonchev–Trinajstić information content (AvgIpc) is 3.30. The summed E-state index contributed by atoms with van der Waals surface area (Å²) in [6.45, 7) is 2.54. The largest absolute Gasteiger partial charge is 0.352 e. The Kier molecular flexibility index (Phi) is 8.10. The number of benzene rings is 1. The van der Waals surface area contributed by atoms with E-state index in [2.05, 4.69) is 20.5 Å². The summed E-state index contributed by atoms with van der Waals surface area (Å²) in [6.07, 6.45) is 6.50. The minimum atomic E-state index is -0.365. The SMILES string of the molecule is CN=C(NCc1ccc(C#N)cc1F)NC1CCN(C2CCCC2)C1.I. The highest BCUT2D eigenvalue weighted by Gasteiger charge is 2.30. The lowest BCUT2D eigenvalue weighted by molar-refractivity contribution is 0.242. The zero-order chi connectivity index (χ0) is 17.6. The quantitative estimate of drug-likeness (QED) is 0.403. The van der Waals surface area contributed by atoms with Crippen molar-refractivity contribution >= 4 is 29.9 Å². The maximum Gasteiger partial charge on any atom is 0.191 e. The monoisotopic (exact) mass is 471 g/mol. The van der Waals surface area contributed by atoms with Crippen molar-refractivity contribution in [3.8, 4) is 6.07 Å². The number of hydrogen-bond acceptors (Lipinski definition) is 3. The molecule has 0 bridgehead atoms. The van der Waals surface area contributed by atoms with Gasteiger partial charge in [0.25, 0.3) is 0 Å². The maximum atomic E-state index is 14.0. The van der Waals surface area contributed by atoms with Gasteiger partial charge in [-0.1, -0.05) is 18.9 Å². The van der Waals surface area contributed by atoms with Crippen molar-refractivity contribution in [2.24, 2.45) is 4.99 Å². The number of aliphatic imine (C=N–C) groups is 1. The molecule has 1 aliphatic heterocycles. The van der Waals surface area contributed by atoms with E-state index in [4.69, 9.17) is 5.26 Å². The molecule has 1 aromatic carbocycles. The Balaban J connectivity index is 0.00000243. The molecule has 0 aromatic heterocycles. The summed E-state index contributed by atoms with van der Waals surface area (Å²) in [7, 11) is 1.73. The molecule has 0 radical (unpaired) electrons. The Morgan fingerprint density at radius 2 is 2.12 bits per heavy atom. The molecular weight excluding hydrogens is 444 g/mol. The second kappa shape index (κ2) is 10.1. The van der Waals surface area contributed by atoms with Crippen LogP contribution < -0.4 is 10.6 Å². The molecule has 142 valence electrons. The van der Waals surface area contributed by atoms with Crippen molar-refractivity contribution in [3.05, 3.63) is 35.1 Å². The Labute approximate surface area is 172 Å². The van der Waals surface area contributed by atoms with Crippen LogP contribution in [0.5, 0.6) is 0 Å². The number of likely N-dealkylation sites (tertiary alicyclic amines) is 1. The van der Waals surface area contributed by atoms with E-state index in [1.54, 1.807) is 19.2 Å². The fourth-order valence-corrected chi connectivity index (χ4v) is 3.83. The van der Waals surface area contributed by atoms with Gasteiger partial charge < -0.3 is 10.6 Å². The molecule has 7 heteroatoms. The average molecular weight is 471 g/mol. The molecule has 1 atom stereocenters. The van der Waals surface area contributed by atoms with Crippen LogP contribution in [0.25, 0.3) is 0 Å². The van der Waals surface area contributed by atoms with Crippen LogP contribution in [-0.2, 0) is 6.54 Å². The highest BCUT2D eigenvalue weighted by atomic mass is 127. The number of rotatable bonds is 4. The molecule has 1 saturated carbocycles. The number of guanidine groups is 1. The Morgan fingerprint density at radius 3 is 2.77 bits per heavy atom. The van der Waals surface area contributed by atoms with Crippen LogP contribution in [0, 0.1) is 17.1 Å². The predicted molar refractivity (Wildman–Crippen MR) is 112 cm³/mol. The minimum Gasteiger partial charge on any atom is -0.352 e. The summed E-state index contributed by atoms with van der Waals surface area (Å²) in [4.78, 5) is 6.85. The molecule has 1 unspecified atom stereocenters. The standard InChI is InChI=1S/C19H26FN5.HI/c1-22-19(23-12-15-7-6-14(11-21)10-18(15)20)24-16-8-9-25(13-16)17-4-2-3-5-17;/h6-7,10,16-17H,2-5,8-9,12-13H2,1H3,(H2,22,23,24);1H.